The summed E-state index contributed by atoms with van der Waals surface area (Å²) in [6.07, 6.45) is 0.150. The molecule has 0 spiro atoms. The summed E-state index contributed by atoms with van der Waals surface area (Å²) in [7, 11) is 3.94. The van der Waals surface area contributed by atoms with Crippen molar-refractivity contribution in [3.05, 3.63) is 65.8 Å². The Morgan fingerprint density at radius 3 is 2.44 bits per heavy atom. The van der Waals surface area contributed by atoms with E-state index < -0.39 is 6.04 Å². The zero-order valence-electron chi connectivity index (χ0n) is 15.4. The fraction of sp³-hybridized carbons (Fsp3) is 0.250. The van der Waals surface area contributed by atoms with Gasteiger partial charge in [0.25, 0.3) is 0 Å². The van der Waals surface area contributed by atoms with Crippen LogP contribution in [0.1, 0.15) is 24.4 Å². The number of aromatic nitrogens is 2. The topological polar surface area (TPSA) is 71.3 Å². The van der Waals surface area contributed by atoms with Crippen molar-refractivity contribution in [3.8, 4) is 11.4 Å². The highest BCUT2D eigenvalue weighted by Crippen LogP contribution is 2.21. The summed E-state index contributed by atoms with van der Waals surface area (Å²) in [4.78, 5) is 18.5. The van der Waals surface area contributed by atoms with Gasteiger partial charge in [0.1, 0.15) is 11.9 Å². The maximum absolute atomic E-state index is 12.9. The molecular formula is C20H21FN4O2. The first-order chi connectivity index (χ1) is 12.9. The predicted octanol–water partition coefficient (Wildman–Crippen LogP) is 3.36. The van der Waals surface area contributed by atoms with Crippen LogP contribution in [0.25, 0.3) is 11.4 Å². The van der Waals surface area contributed by atoms with E-state index in [-0.39, 0.29) is 18.1 Å². The lowest BCUT2D eigenvalue weighted by atomic mass is 10.1. The van der Waals surface area contributed by atoms with Gasteiger partial charge in [-0.3, -0.25) is 4.79 Å². The first kappa shape index (κ1) is 18.6. The van der Waals surface area contributed by atoms with Crippen LogP contribution in [-0.4, -0.2) is 30.1 Å². The fourth-order valence-corrected chi connectivity index (χ4v) is 2.58. The molecule has 2 aromatic carbocycles. The Bertz CT molecular complexity index is 904. The molecule has 1 N–H and O–H groups in total. The lowest BCUT2D eigenvalue weighted by Crippen LogP contribution is -2.28. The van der Waals surface area contributed by atoms with Gasteiger partial charge in [0, 0.05) is 25.3 Å². The quantitative estimate of drug-likeness (QED) is 0.722. The predicted molar refractivity (Wildman–Crippen MR) is 101 cm³/mol. The smallest absolute Gasteiger partial charge is 0.249 e. The van der Waals surface area contributed by atoms with E-state index in [2.05, 4.69) is 15.5 Å². The number of anilines is 1. The second-order valence-electron chi connectivity index (χ2n) is 6.49. The van der Waals surface area contributed by atoms with Crippen molar-refractivity contribution in [1.82, 2.24) is 15.5 Å². The molecule has 140 valence electrons. The van der Waals surface area contributed by atoms with E-state index in [0.29, 0.717) is 11.7 Å². The van der Waals surface area contributed by atoms with Crippen LogP contribution >= 0.6 is 0 Å². The molecular weight excluding hydrogens is 347 g/mol. The average molecular weight is 368 g/mol. The maximum atomic E-state index is 12.9. The molecule has 0 saturated heterocycles. The molecule has 1 atom stereocenters. The van der Waals surface area contributed by atoms with Gasteiger partial charge in [-0.05, 0) is 48.9 Å². The van der Waals surface area contributed by atoms with Gasteiger partial charge in [0.05, 0.1) is 6.42 Å². The number of amides is 1. The van der Waals surface area contributed by atoms with Crippen molar-refractivity contribution in [2.75, 3.05) is 19.0 Å². The van der Waals surface area contributed by atoms with Gasteiger partial charge in [-0.25, -0.2) is 4.39 Å². The minimum atomic E-state index is -0.430. The Morgan fingerprint density at radius 2 is 1.81 bits per heavy atom. The largest absolute Gasteiger partial charge is 0.378 e. The van der Waals surface area contributed by atoms with Gasteiger partial charge >= 0.3 is 0 Å². The van der Waals surface area contributed by atoms with Crippen LogP contribution < -0.4 is 10.2 Å². The number of nitrogens with zero attached hydrogens (tertiary/aromatic N) is 3. The van der Waals surface area contributed by atoms with E-state index >= 15 is 0 Å². The highest BCUT2D eigenvalue weighted by Gasteiger charge is 2.17. The van der Waals surface area contributed by atoms with Crippen LogP contribution in [0, 0.1) is 5.82 Å². The Labute approximate surface area is 157 Å². The van der Waals surface area contributed by atoms with Crippen molar-refractivity contribution in [2.24, 2.45) is 0 Å². The monoisotopic (exact) mass is 368 g/mol. The van der Waals surface area contributed by atoms with Crippen molar-refractivity contribution in [2.45, 2.75) is 19.4 Å². The second-order valence-corrected chi connectivity index (χ2v) is 6.49. The van der Waals surface area contributed by atoms with Crippen molar-refractivity contribution < 1.29 is 13.7 Å². The van der Waals surface area contributed by atoms with Gasteiger partial charge in [-0.2, -0.15) is 4.98 Å². The van der Waals surface area contributed by atoms with Gasteiger partial charge in [0.15, 0.2) is 0 Å². The molecule has 0 saturated carbocycles. The van der Waals surface area contributed by atoms with E-state index in [0.717, 1.165) is 16.8 Å². The van der Waals surface area contributed by atoms with Crippen LogP contribution in [0.15, 0.2) is 53.1 Å². The Morgan fingerprint density at radius 1 is 1.15 bits per heavy atom. The number of carbonyl (C=O) groups excluding carboxylic acids is 1. The molecule has 6 nitrogen and oxygen atoms in total. The first-order valence-electron chi connectivity index (χ1n) is 8.57. The number of nitrogens with one attached hydrogen (secondary N) is 1. The fourth-order valence-electron chi connectivity index (χ4n) is 2.58. The third-order valence-corrected chi connectivity index (χ3v) is 4.11. The molecule has 27 heavy (non-hydrogen) atoms. The van der Waals surface area contributed by atoms with Crippen molar-refractivity contribution >= 4 is 11.6 Å². The SMILES string of the molecule is C[C@@H](NC(=O)Cc1ccc(F)cc1)c1nc(-c2ccc(N(C)C)cc2)no1. The minimum absolute atomic E-state index is 0.150. The number of carbonyl (C=O) groups is 1. The Kier molecular flexibility index (Phi) is 5.49. The number of hydrogen-bond donors (Lipinski definition) is 1. The maximum Gasteiger partial charge on any atom is 0.249 e. The van der Waals surface area contributed by atoms with Gasteiger partial charge in [0.2, 0.25) is 17.6 Å². The summed E-state index contributed by atoms with van der Waals surface area (Å²) in [6, 6.07) is 13.2. The Balaban J connectivity index is 1.63. The minimum Gasteiger partial charge on any atom is -0.378 e. The Hall–Kier alpha value is -3.22. The van der Waals surface area contributed by atoms with E-state index in [4.69, 9.17) is 4.52 Å². The third-order valence-electron chi connectivity index (χ3n) is 4.11. The zero-order chi connectivity index (χ0) is 19.4. The summed E-state index contributed by atoms with van der Waals surface area (Å²) in [5.41, 5.74) is 2.64. The van der Waals surface area contributed by atoms with Crippen molar-refractivity contribution in [3.63, 3.8) is 0 Å². The lowest BCUT2D eigenvalue weighted by molar-refractivity contribution is -0.121. The van der Waals surface area contributed by atoms with E-state index in [9.17, 15) is 9.18 Å². The van der Waals surface area contributed by atoms with Crippen LogP contribution in [-0.2, 0) is 11.2 Å². The molecule has 0 radical (unpaired) electrons. The highest BCUT2D eigenvalue weighted by molar-refractivity contribution is 5.78. The van der Waals surface area contributed by atoms with Crippen LogP contribution in [0.5, 0.6) is 0 Å². The third kappa shape index (κ3) is 4.69. The van der Waals surface area contributed by atoms with Crippen molar-refractivity contribution in [1.29, 1.82) is 0 Å². The molecule has 0 aliphatic heterocycles. The summed E-state index contributed by atoms with van der Waals surface area (Å²) in [5.74, 6) is 0.262. The average Bonchev–Trinajstić information content (AvgIpc) is 3.14. The summed E-state index contributed by atoms with van der Waals surface area (Å²) >= 11 is 0. The summed E-state index contributed by atoms with van der Waals surface area (Å²) in [6.45, 7) is 1.77. The van der Waals surface area contributed by atoms with Crippen LogP contribution in [0.3, 0.4) is 0 Å². The number of rotatable bonds is 6. The lowest BCUT2D eigenvalue weighted by Gasteiger charge is -2.11. The molecule has 3 rings (SSSR count). The molecule has 0 bridgehead atoms. The molecule has 0 unspecified atom stereocenters. The molecule has 1 aromatic heterocycles. The molecule has 0 aliphatic rings. The van der Waals surface area contributed by atoms with E-state index in [1.54, 1.807) is 19.1 Å². The second kappa shape index (κ2) is 7.99. The molecule has 1 amide bonds. The van der Waals surface area contributed by atoms with Gasteiger partial charge < -0.3 is 14.7 Å². The van der Waals surface area contributed by atoms with Gasteiger partial charge in [-0.1, -0.05) is 17.3 Å². The first-order valence-corrected chi connectivity index (χ1v) is 8.57. The molecule has 0 aliphatic carbocycles. The summed E-state index contributed by atoms with van der Waals surface area (Å²) in [5, 5.41) is 6.80. The number of halogens is 1. The van der Waals surface area contributed by atoms with Crippen LogP contribution in [0.4, 0.5) is 10.1 Å². The zero-order valence-corrected chi connectivity index (χ0v) is 15.4. The standard InChI is InChI=1S/C20H21FN4O2/c1-13(22-18(26)12-14-4-8-16(21)9-5-14)20-23-19(24-27-20)15-6-10-17(11-7-15)25(2)3/h4-11,13H,12H2,1-3H3,(H,22,26)/t13-/m1/s1. The highest BCUT2D eigenvalue weighted by atomic mass is 19.1. The van der Waals surface area contributed by atoms with Crippen LogP contribution in [0.2, 0.25) is 0 Å². The van der Waals surface area contributed by atoms with E-state index in [1.165, 1.54) is 12.1 Å². The van der Waals surface area contributed by atoms with Gasteiger partial charge in [-0.15, -0.1) is 0 Å². The summed E-state index contributed by atoms with van der Waals surface area (Å²) < 4.78 is 18.2. The number of benzene rings is 2. The molecule has 1 heterocycles. The number of hydrogen-bond acceptors (Lipinski definition) is 5. The van der Waals surface area contributed by atoms with E-state index in [1.807, 2.05) is 43.3 Å². The molecule has 7 heteroatoms. The normalized spacial score (nSPS) is 11.9. The molecule has 0 fully saturated rings. The molecule has 3 aromatic rings.